The molecule has 0 unspecified atom stereocenters. The number of carbonyl (C=O) groups is 1. The van der Waals surface area contributed by atoms with Crippen LogP contribution in [0.3, 0.4) is 0 Å². The van der Waals surface area contributed by atoms with Gasteiger partial charge in [0.05, 0.1) is 11.5 Å². The molecule has 0 radical (unpaired) electrons. The van der Waals surface area contributed by atoms with Crippen molar-refractivity contribution in [1.29, 1.82) is 0 Å². The molecule has 0 saturated heterocycles. The lowest BCUT2D eigenvalue weighted by molar-refractivity contribution is -0.205. The Morgan fingerprint density at radius 3 is 2.21 bits per heavy atom. The molecular weight excluding hydrogens is 408 g/mol. The first-order valence-corrected chi connectivity index (χ1v) is 13.8. The van der Waals surface area contributed by atoms with Crippen molar-refractivity contribution >= 4 is 5.97 Å². The molecule has 5 aliphatic carbocycles. The Kier molecular flexibility index (Phi) is 4.99. The topological polar surface area (TPSA) is 57.5 Å². The highest BCUT2D eigenvalue weighted by molar-refractivity contribution is 5.76. The van der Waals surface area contributed by atoms with E-state index in [1.54, 1.807) is 0 Å². The van der Waals surface area contributed by atoms with Crippen LogP contribution in [-0.2, 0) is 4.79 Å². The van der Waals surface area contributed by atoms with Crippen LogP contribution in [0.2, 0.25) is 0 Å². The number of aliphatic hydroxyl groups is 1. The summed E-state index contributed by atoms with van der Waals surface area (Å²) < 4.78 is 0. The SMILES string of the molecule is CC1(C)CC[C@]2(C(=O)O)CC[C@]3(C)C(=CC[C@@H]4[C@]5(C)CC[C@H](O)C(C)(C)[C@@H]5CC[C@@]43C)[C@@H]2C1. The van der Waals surface area contributed by atoms with Gasteiger partial charge in [-0.1, -0.05) is 60.1 Å². The molecule has 0 aromatic carbocycles. The molecular formula is C30H48O3. The maximum Gasteiger partial charge on any atom is 0.310 e. The van der Waals surface area contributed by atoms with Crippen LogP contribution in [0.5, 0.6) is 0 Å². The van der Waals surface area contributed by atoms with Gasteiger partial charge in [-0.15, -0.1) is 0 Å². The summed E-state index contributed by atoms with van der Waals surface area (Å²) in [6, 6.07) is 0. The number of allylic oxidation sites excluding steroid dienone is 2. The highest BCUT2D eigenvalue weighted by atomic mass is 16.4. The zero-order chi connectivity index (χ0) is 24.2. The Hall–Kier alpha value is -0.830. The molecule has 0 heterocycles. The van der Waals surface area contributed by atoms with E-state index in [0.717, 1.165) is 51.4 Å². The highest BCUT2D eigenvalue weighted by Gasteiger charge is 2.69. The summed E-state index contributed by atoms with van der Waals surface area (Å²) in [6.45, 7) is 16.9. The molecule has 3 heteroatoms. The predicted octanol–water partition coefficient (Wildman–Crippen LogP) is 7.23. The van der Waals surface area contributed by atoms with E-state index < -0.39 is 11.4 Å². The summed E-state index contributed by atoms with van der Waals surface area (Å²) in [5.41, 5.74) is 1.68. The minimum Gasteiger partial charge on any atom is -0.481 e. The predicted molar refractivity (Wildman–Crippen MR) is 133 cm³/mol. The van der Waals surface area contributed by atoms with E-state index in [1.807, 2.05) is 0 Å². The number of fused-ring (bicyclic) bond motifs is 7. The number of carboxylic acids is 1. The lowest BCUT2D eigenvalue weighted by Crippen LogP contribution is -2.65. The van der Waals surface area contributed by atoms with Crippen LogP contribution in [0.4, 0.5) is 0 Å². The summed E-state index contributed by atoms with van der Waals surface area (Å²) in [5, 5.41) is 21.4. The van der Waals surface area contributed by atoms with E-state index in [-0.39, 0.29) is 39.1 Å². The van der Waals surface area contributed by atoms with E-state index in [9.17, 15) is 15.0 Å². The molecule has 8 atom stereocenters. The number of rotatable bonds is 1. The maximum absolute atomic E-state index is 12.8. The van der Waals surface area contributed by atoms with Gasteiger partial charge in [0.15, 0.2) is 0 Å². The van der Waals surface area contributed by atoms with Gasteiger partial charge < -0.3 is 10.2 Å². The minimum absolute atomic E-state index is 0.0301. The summed E-state index contributed by atoms with van der Waals surface area (Å²) in [4.78, 5) is 12.8. The second-order valence-electron chi connectivity index (χ2n) is 15.1. The Bertz CT molecular complexity index is 885. The van der Waals surface area contributed by atoms with Crippen molar-refractivity contribution in [1.82, 2.24) is 0 Å². The van der Waals surface area contributed by atoms with E-state index in [0.29, 0.717) is 11.8 Å². The zero-order valence-electron chi connectivity index (χ0n) is 22.3. The van der Waals surface area contributed by atoms with Crippen LogP contribution in [-0.4, -0.2) is 22.3 Å². The monoisotopic (exact) mass is 456 g/mol. The smallest absolute Gasteiger partial charge is 0.310 e. The van der Waals surface area contributed by atoms with Gasteiger partial charge in [-0.3, -0.25) is 4.79 Å². The van der Waals surface area contributed by atoms with Crippen molar-refractivity contribution in [2.45, 2.75) is 119 Å². The third-order valence-corrected chi connectivity index (χ3v) is 13.0. The number of hydrogen-bond donors (Lipinski definition) is 2. The molecule has 0 amide bonds. The largest absolute Gasteiger partial charge is 0.481 e. The van der Waals surface area contributed by atoms with E-state index >= 15 is 0 Å². The van der Waals surface area contributed by atoms with Crippen LogP contribution >= 0.6 is 0 Å². The Labute approximate surface area is 201 Å². The average molecular weight is 457 g/mol. The van der Waals surface area contributed by atoms with Crippen LogP contribution in [0.1, 0.15) is 113 Å². The standard InChI is InChI=1S/C30H48O3/c1-25(2)14-16-30(24(32)33)17-15-28(6)19(20(30)18-25)8-9-22-27(5)12-11-23(31)26(3,4)21(27)10-13-29(22,28)7/h8,20-23,31H,9-18H2,1-7H3,(H,32,33)/t20-,21-,22+,23-,27+,28+,29-,30-/m0/s1. The second kappa shape index (κ2) is 6.89. The molecule has 0 aromatic heterocycles. The molecule has 4 fully saturated rings. The van der Waals surface area contributed by atoms with Gasteiger partial charge in [-0.2, -0.15) is 0 Å². The van der Waals surface area contributed by atoms with Gasteiger partial charge in [-0.25, -0.2) is 0 Å². The lowest BCUT2D eigenvalue weighted by Gasteiger charge is -2.71. The van der Waals surface area contributed by atoms with Crippen molar-refractivity contribution in [3.05, 3.63) is 11.6 Å². The molecule has 4 saturated carbocycles. The van der Waals surface area contributed by atoms with Gasteiger partial charge in [0, 0.05) is 0 Å². The van der Waals surface area contributed by atoms with Gasteiger partial charge in [0.1, 0.15) is 0 Å². The number of aliphatic hydroxyl groups excluding tert-OH is 1. The fraction of sp³-hybridized carbons (Fsp3) is 0.900. The fourth-order valence-electron chi connectivity index (χ4n) is 10.6. The molecule has 3 nitrogen and oxygen atoms in total. The minimum atomic E-state index is -0.553. The molecule has 0 aromatic rings. The molecule has 33 heavy (non-hydrogen) atoms. The molecule has 2 N–H and O–H groups in total. The van der Waals surface area contributed by atoms with E-state index in [1.165, 1.54) is 18.4 Å². The van der Waals surface area contributed by atoms with Crippen molar-refractivity contribution in [2.24, 2.45) is 50.2 Å². The third-order valence-electron chi connectivity index (χ3n) is 13.0. The molecule has 0 spiro atoms. The van der Waals surface area contributed by atoms with Gasteiger partial charge in [0.25, 0.3) is 0 Å². The molecule has 5 aliphatic rings. The quantitative estimate of drug-likeness (QED) is 0.409. The van der Waals surface area contributed by atoms with E-state index in [2.05, 4.69) is 54.5 Å². The molecule has 0 bridgehead atoms. The number of aliphatic carboxylic acids is 1. The molecule has 0 aliphatic heterocycles. The van der Waals surface area contributed by atoms with Gasteiger partial charge >= 0.3 is 5.97 Å². The third kappa shape index (κ3) is 2.87. The van der Waals surface area contributed by atoms with E-state index in [4.69, 9.17) is 0 Å². The summed E-state index contributed by atoms with van der Waals surface area (Å²) >= 11 is 0. The second-order valence-corrected chi connectivity index (χ2v) is 15.1. The van der Waals surface area contributed by atoms with Crippen molar-refractivity contribution in [2.75, 3.05) is 0 Å². The maximum atomic E-state index is 12.8. The van der Waals surface area contributed by atoms with Gasteiger partial charge in [-0.05, 0) is 109 Å². The first-order chi connectivity index (χ1) is 15.1. The Morgan fingerprint density at radius 1 is 0.879 bits per heavy atom. The molecule has 186 valence electrons. The highest BCUT2D eigenvalue weighted by Crippen LogP contribution is 2.75. The van der Waals surface area contributed by atoms with Gasteiger partial charge in [0.2, 0.25) is 0 Å². The van der Waals surface area contributed by atoms with Crippen LogP contribution < -0.4 is 0 Å². The fourth-order valence-corrected chi connectivity index (χ4v) is 10.6. The number of hydrogen-bond acceptors (Lipinski definition) is 2. The van der Waals surface area contributed by atoms with Crippen LogP contribution in [0, 0.1) is 50.2 Å². The average Bonchev–Trinajstić information content (AvgIpc) is 2.71. The normalized spacial score (nSPS) is 52.4. The van der Waals surface area contributed by atoms with Crippen LogP contribution in [0.15, 0.2) is 11.6 Å². The summed E-state index contributed by atoms with van der Waals surface area (Å²) in [6.07, 6.45) is 12.6. The summed E-state index contributed by atoms with van der Waals surface area (Å²) in [5.74, 6) is 0.807. The van der Waals surface area contributed by atoms with Crippen LogP contribution in [0.25, 0.3) is 0 Å². The first-order valence-electron chi connectivity index (χ1n) is 13.8. The zero-order valence-corrected chi connectivity index (χ0v) is 22.3. The molecule has 5 rings (SSSR count). The van der Waals surface area contributed by atoms with Crippen molar-refractivity contribution in [3.63, 3.8) is 0 Å². The Morgan fingerprint density at radius 2 is 1.55 bits per heavy atom. The van der Waals surface area contributed by atoms with Crippen molar-refractivity contribution in [3.8, 4) is 0 Å². The first kappa shape index (κ1) is 23.9. The van der Waals surface area contributed by atoms with Crippen molar-refractivity contribution < 1.29 is 15.0 Å². The number of carboxylic acid groups (broad SMARTS) is 1. The Balaban J connectivity index is 1.60. The summed E-state index contributed by atoms with van der Waals surface area (Å²) in [7, 11) is 0. The lowest BCUT2D eigenvalue weighted by atomic mass is 9.33.